The maximum atomic E-state index is 12.2. The molecule has 0 saturated heterocycles. The molecule has 0 spiro atoms. The van der Waals surface area contributed by atoms with Crippen molar-refractivity contribution in [3.05, 3.63) is 41.0 Å². The average Bonchev–Trinajstić information content (AvgIpc) is 3.17. The lowest BCUT2D eigenvalue weighted by Gasteiger charge is -2.21. The minimum atomic E-state index is -0.661. The Morgan fingerprint density at radius 1 is 1.24 bits per heavy atom. The molecule has 0 radical (unpaired) electrons. The smallest absolute Gasteiger partial charge is 0.251 e. The van der Waals surface area contributed by atoms with Crippen molar-refractivity contribution in [2.24, 2.45) is 0 Å². The monoisotopic (exact) mass is 358 g/mol. The number of nitrogens with one attached hydrogen (secondary N) is 1. The quantitative estimate of drug-likeness (QED) is 0.651. The SMILES string of the molecule is Cc1noc(C(C)(C)NC(=O)CCCCc2nc3ccccc3s2)n1. The summed E-state index contributed by atoms with van der Waals surface area (Å²) in [7, 11) is 0. The molecule has 25 heavy (non-hydrogen) atoms. The van der Waals surface area contributed by atoms with Gasteiger partial charge in [-0.25, -0.2) is 4.98 Å². The molecule has 0 aliphatic rings. The summed E-state index contributed by atoms with van der Waals surface area (Å²) < 4.78 is 6.37. The summed E-state index contributed by atoms with van der Waals surface area (Å²) >= 11 is 1.73. The first-order valence-corrected chi connectivity index (χ1v) is 9.22. The van der Waals surface area contributed by atoms with E-state index >= 15 is 0 Å². The van der Waals surface area contributed by atoms with Crippen molar-refractivity contribution in [3.63, 3.8) is 0 Å². The minimum absolute atomic E-state index is 0.00912. The Balaban J connectivity index is 1.44. The first kappa shape index (κ1) is 17.5. The summed E-state index contributed by atoms with van der Waals surface area (Å²) in [6.07, 6.45) is 3.13. The zero-order valence-electron chi connectivity index (χ0n) is 14.7. The van der Waals surface area contributed by atoms with E-state index in [0.29, 0.717) is 18.1 Å². The predicted molar refractivity (Wildman–Crippen MR) is 97.4 cm³/mol. The predicted octanol–water partition coefficient (Wildman–Crippen LogP) is 3.75. The Morgan fingerprint density at radius 3 is 2.76 bits per heavy atom. The molecule has 1 amide bonds. The molecule has 1 N–H and O–H groups in total. The third-order valence-electron chi connectivity index (χ3n) is 3.90. The van der Waals surface area contributed by atoms with E-state index in [2.05, 4.69) is 26.5 Å². The molecule has 0 saturated carbocycles. The highest BCUT2D eigenvalue weighted by atomic mass is 32.1. The van der Waals surface area contributed by atoms with Gasteiger partial charge < -0.3 is 9.84 Å². The molecule has 3 rings (SSSR count). The van der Waals surface area contributed by atoms with Crippen molar-refractivity contribution >= 4 is 27.5 Å². The number of thiazole rings is 1. The highest BCUT2D eigenvalue weighted by molar-refractivity contribution is 7.18. The lowest BCUT2D eigenvalue weighted by molar-refractivity contribution is -0.123. The van der Waals surface area contributed by atoms with Crippen molar-refractivity contribution < 1.29 is 9.32 Å². The molecule has 3 aromatic rings. The normalized spacial score (nSPS) is 11.8. The molecule has 6 nitrogen and oxygen atoms in total. The van der Waals surface area contributed by atoms with Gasteiger partial charge in [0.2, 0.25) is 5.91 Å². The minimum Gasteiger partial charge on any atom is -0.342 e. The summed E-state index contributed by atoms with van der Waals surface area (Å²) in [4.78, 5) is 21.0. The Bertz CT molecular complexity index is 836. The molecule has 0 fully saturated rings. The number of benzene rings is 1. The van der Waals surface area contributed by atoms with Gasteiger partial charge >= 0.3 is 0 Å². The molecule has 132 valence electrons. The number of unbranched alkanes of at least 4 members (excludes halogenated alkanes) is 1. The molecular weight excluding hydrogens is 336 g/mol. The third kappa shape index (κ3) is 4.42. The lowest BCUT2D eigenvalue weighted by atomic mass is 10.0. The standard InChI is InChI=1S/C18H22N4O2S/c1-12-19-17(24-22-12)18(2,3)21-15(23)10-6-7-11-16-20-13-8-4-5-9-14(13)25-16/h4-5,8-9H,6-7,10-11H2,1-3H3,(H,21,23). The van der Waals surface area contributed by atoms with Gasteiger partial charge in [0.1, 0.15) is 5.54 Å². The summed E-state index contributed by atoms with van der Waals surface area (Å²) in [6.45, 7) is 5.48. The zero-order valence-corrected chi connectivity index (χ0v) is 15.5. The van der Waals surface area contributed by atoms with Crippen LogP contribution in [0.5, 0.6) is 0 Å². The van der Waals surface area contributed by atoms with E-state index in [1.165, 1.54) is 4.70 Å². The number of nitrogens with zero attached hydrogens (tertiary/aromatic N) is 3. The van der Waals surface area contributed by atoms with E-state index in [1.54, 1.807) is 18.3 Å². The Labute approximate surface area is 150 Å². The molecule has 0 unspecified atom stereocenters. The molecule has 7 heteroatoms. The van der Waals surface area contributed by atoms with Crippen LogP contribution in [0.15, 0.2) is 28.8 Å². The van der Waals surface area contributed by atoms with Gasteiger partial charge in [0.05, 0.1) is 15.2 Å². The number of rotatable bonds is 7. The fourth-order valence-electron chi connectivity index (χ4n) is 2.60. The Morgan fingerprint density at radius 2 is 2.04 bits per heavy atom. The van der Waals surface area contributed by atoms with Crippen LogP contribution >= 0.6 is 11.3 Å². The van der Waals surface area contributed by atoms with Gasteiger partial charge in [0.15, 0.2) is 5.82 Å². The number of fused-ring (bicyclic) bond motifs is 1. The summed E-state index contributed by atoms with van der Waals surface area (Å²) in [5.74, 6) is 0.978. The van der Waals surface area contributed by atoms with Crippen molar-refractivity contribution in [1.29, 1.82) is 0 Å². The number of carbonyl (C=O) groups is 1. The molecule has 0 aliphatic carbocycles. The number of aromatic nitrogens is 3. The fourth-order valence-corrected chi connectivity index (χ4v) is 3.61. The maximum Gasteiger partial charge on any atom is 0.251 e. The van der Waals surface area contributed by atoms with E-state index in [1.807, 2.05) is 32.0 Å². The van der Waals surface area contributed by atoms with E-state index < -0.39 is 5.54 Å². The van der Waals surface area contributed by atoms with Crippen LogP contribution in [0.4, 0.5) is 0 Å². The van der Waals surface area contributed by atoms with E-state index in [9.17, 15) is 4.79 Å². The molecule has 0 bridgehead atoms. The molecule has 0 aliphatic heterocycles. The van der Waals surface area contributed by atoms with Gasteiger partial charge in [0, 0.05) is 6.42 Å². The number of hydrogen-bond donors (Lipinski definition) is 1. The van der Waals surface area contributed by atoms with Gasteiger partial charge in [0.25, 0.3) is 5.89 Å². The Hall–Kier alpha value is -2.28. The average molecular weight is 358 g/mol. The number of hydrogen-bond acceptors (Lipinski definition) is 6. The number of carbonyl (C=O) groups excluding carboxylic acids is 1. The van der Waals surface area contributed by atoms with Crippen LogP contribution in [0, 0.1) is 6.92 Å². The largest absolute Gasteiger partial charge is 0.342 e. The Kier molecular flexibility index (Phi) is 5.13. The second-order valence-corrected chi connectivity index (χ2v) is 7.72. The van der Waals surface area contributed by atoms with Crippen LogP contribution in [0.2, 0.25) is 0 Å². The van der Waals surface area contributed by atoms with Gasteiger partial charge in [-0.3, -0.25) is 4.79 Å². The van der Waals surface area contributed by atoms with Gasteiger partial charge in [-0.05, 0) is 52.2 Å². The molecule has 1 aromatic carbocycles. The van der Waals surface area contributed by atoms with Gasteiger partial charge in [-0.1, -0.05) is 17.3 Å². The topological polar surface area (TPSA) is 80.9 Å². The number of amides is 1. The van der Waals surface area contributed by atoms with E-state index in [-0.39, 0.29) is 5.91 Å². The van der Waals surface area contributed by atoms with E-state index in [0.717, 1.165) is 29.8 Å². The van der Waals surface area contributed by atoms with Crippen molar-refractivity contribution in [2.45, 2.75) is 52.0 Å². The van der Waals surface area contributed by atoms with Crippen LogP contribution in [-0.4, -0.2) is 21.0 Å². The number of para-hydroxylation sites is 1. The van der Waals surface area contributed by atoms with E-state index in [4.69, 9.17) is 4.52 Å². The van der Waals surface area contributed by atoms with Crippen LogP contribution in [0.3, 0.4) is 0 Å². The van der Waals surface area contributed by atoms with Crippen molar-refractivity contribution in [3.8, 4) is 0 Å². The molecule has 2 heterocycles. The molecule has 0 atom stereocenters. The second-order valence-electron chi connectivity index (χ2n) is 6.60. The van der Waals surface area contributed by atoms with Crippen LogP contribution < -0.4 is 5.32 Å². The maximum absolute atomic E-state index is 12.2. The summed E-state index contributed by atoms with van der Waals surface area (Å²) in [5, 5.41) is 7.86. The fraction of sp³-hybridized carbons (Fsp3) is 0.444. The van der Waals surface area contributed by atoms with Crippen LogP contribution in [0.1, 0.15) is 49.8 Å². The highest BCUT2D eigenvalue weighted by Crippen LogP contribution is 2.23. The first-order valence-electron chi connectivity index (χ1n) is 8.40. The summed E-state index contributed by atoms with van der Waals surface area (Å²) in [6, 6.07) is 8.15. The summed E-state index contributed by atoms with van der Waals surface area (Å²) in [5.41, 5.74) is 0.391. The third-order valence-corrected chi connectivity index (χ3v) is 4.99. The molecular formula is C18H22N4O2S. The van der Waals surface area contributed by atoms with Gasteiger partial charge in [-0.15, -0.1) is 11.3 Å². The highest BCUT2D eigenvalue weighted by Gasteiger charge is 2.28. The van der Waals surface area contributed by atoms with Crippen LogP contribution in [0.25, 0.3) is 10.2 Å². The number of aryl methyl sites for hydroxylation is 2. The van der Waals surface area contributed by atoms with Crippen molar-refractivity contribution in [1.82, 2.24) is 20.4 Å². The molecule has 2 aromatic heterocycles. The second kappa shape index (κ2) is 7.31. The van der Waals surface area contributed by atoms with Gasteiger partial charge in [-0.2, -0.15) is 4.98 Å². The lowest BCUT2D eigenvalue weighted by Crippen LogP contribution is -2.41. The van der Waals surface area contributed by atoms with Crippen molar-refractivity contribution in [2.75, 3.05) is 0 Å². The zero-order chi connectivity index (χ0) is 17.9. The first-order chi connectivity index (χ1) is 11.9. The van der Waals surface area contributed by atoms with Crippen LogP contribution in [-0.2, 0) is 16.8 Å².